The van der Waals surface area contributed by atoms with E-state index in [1.807, 2.05) is 5.38 Å². The van der Waals surface area contributed by atoms with Crippen molar-refractivity contribution >= 4 is 28.8 Å². The normalized spacial score (nSPS) is 24.6. The largest absolute Gasteiger partial charge is 0.379 e. The monoisotopic (exact) mass is 273 g/mol. The molecule has 0 aromatic carbocycles. The molecular weight excluding hydrogens is 258 g/mol. The van der Waals surface area contributed by atoms with Crippen molar-refractivity contribution < 1.29 is 9.53 Å². The van der Waals surface area contributed by atoms with Crippen LogP contribution in [0.4, 0.5) is 0 Å². The van der Waals surface area contributed by atoms with Crippen molar-refractivity contribution in [3.63, 3.8) is 0 Å². The lowest BCUT2D eigenvalue weighted by Crippen LogP contribution is -2.45. The molecule has 17 heavy (non-hydrogen) atoms. The smallest absolute Gasteiger partial charge is 0.263 e. The molecule has 1 N–H and O–H groups in total. The van der Waals surface area contributed by atoms with E-state index < -0.39 is 0 Å². The van der Waals surface area contributed by atoms with Gasteiger partial charge in [0.25, 0.3) is 5.91 Å². The lowest BCUT2D eigenvalue weighted by molar-refractivity contribution is 0.0393. The van der Waals surface area contributed by atoms with Gasteiger partial charge < -0.3 is 10.1 Å². The first kappa shape index (κ1) is 12.9. The Morgan fingerprint density at radius 1 is 1.53 bits per heavy atom. The third-order valence-corrected chi connectivity index (χ3v) is 4.49. The van der Waals surface area contributed by atoms with Crippen molar-refractivity contribution in [2.24, 2.45) is 0 Å². The second kappa shape index (κ2) is 5.85. The van der Waals surface area contributed by atoms with Gasteiger partial charge in [-0.05, 0) is 24.3 Å². The fourth-order valence-corrected chi connectivity index (χ4v) is 3.28. The fourth-order valence-electron chi connectivity index (χ4n) is 2.23. The Labute approximate surface area is 110 Å². The second-order valence-corrected chi connectivity index (χ2v) is 5.56. The summed E-state index contributed by atoms with van der Waals surface area (Å²) in [6, 6.07) is 1.86. The zero-order valence-electron chi connectivity index (χ0n) is 9.74. The molecule has 0 saturated heterocycles. The standard InChI is InChI=1S/C12H16ClNO2S/c1-16-10-5-3-2-4-9(10)14-12(15)11-8(13)6-7-17-11/h6-7,9-10H,2-5H2,1H3,(H,14,15)/t9-,10+/m0/s1. The van der Waals surface area contributed by atoms with Gasteiger partial charge in [0.2, 0.25) is 0 Å². The van der Waals surface area contributed by atoms with Crippen molar-refractivity contribution in [3.8, 4) is 0 Å². The zero-order chi connectivity index (χ0) is 12.3. The van der Waals surface area contributed by atoms with Crippen molar-refractivity contribution in [1.29, 1.82) is 0 Å². The molecule has 1 aromatic heterocycles. The van der Waals surface area contributed by atoms with Gasteiger partial charge in [0.15, 0.2) is 0 Å². The van der Waals surface area contributed by atoms with Crippen molar-refractivity contribution in [2.45, 2.75) is 37.8 Å². The van der Waals surface area contributed by atoms with Gasteiger partial charge in [-0.15, -0.1) is 11.3 Å². The van der Waals surface area contributed by atoms with Crippen LogP contribution in [0.1, 0.15) is 35.4 Å². The third-order valence-electron chi connectivity index (χ3n) is 3.15. The van der Waals surface area contributed by atoms with E-state index in [1.54, 1.807) is 13.2 Å². The molecule has 1 saturated carbocycles. The zero-order valence-corrected chi connectivity index (χ0v) is 11.3. The van der Waals surface area contributed by atoms with Crippen molar-refractivity contribution in [3.05, 3.63) is 21.3 Å². The van der Waals surface area contributed by atoms with Crippen LogP contribution in [0.3, 0.4) is 0 Å². The molecule has 5 heteroatoms. The molecule has 1 aliphatic carbocycles. The number of ether oxygens (including phenoxy) is 1. The highest BCUT2D eigenvalue weighted by atomic mass is 35.5. The maximum atomic E-state index is 12.0. The molecule has 0 aliphatic heterocycles. The van der Waals surface area contributed by atoms with Gasteiger partial charge in [0.1, 0.15) is 4.88 Å². The van der Waals surface area contributed by atoms with Crippen LogP contribution in [0.15, 0.2) is 11.4 Å². The number of thiophene rings is 1. The number of nitrogens with one attached hydrogen (secondary N) is 1. The molecule has 1 aromatic rings. The summed E-state index contributed by atoms with van der Waals surface area (Å²) in [5, 5.41) is 5.38. The van der Waals surface area contributed by atoms with Crippen LogP contribution in [0, 0.1) is 0 Å². The molecular formula is C12H16ClNO2S. The Morgan fingerprint density at radius 3 is 2.94 bits per heavy atom. The summed E-state index contributed by atoms with van der Waals surface area (Å²) in [4.78, 5) is 12.6. The third kappa shape index (κ3) is 3.00. The highest BCUT2D eigenvalue weighted by Crippen LogP contribution is 2.24. The second-order valence-electron chi connectivity index (χ2n) is 4.24. The van der Waals surface area contributed by atoms with Gasteiger partial charge in [-0.3, -0.25) is 4.79 Å². The Bertz CT molecular complexity index is 394. The van der Waals surface area contributed by atoms with E-state index in [2.05, 4.69) is 5.32 Å². The molecule has 3 nitrogen and oxygen atoms in total. The summed E-state index contributed by atoms with van der Waals surface area (Å²) < 4.78 is 5.41. The molecule has 0 bridgehead atoms. The summed E-state index contributed by atoms with van der Waals surface area (Å²) in [7, 11) is 1.70. The minimum absolute atomic E-state index is 0.0843. The number of halogens is 1. The topological polar surface area (TPSA) is 38.3 Å². The summed E-state index contributed by atoms with van der Waals surface area (Å²) in [5.74, 6) is -0.0843. The Hall–Kier alpha value is -0.580. The first-order chi connectivity index (χ1) is 8.22. The van der Waals surface area contributed by atoms with E-state index in [-0.39, 0.29) is 18.1 Å². The van der Waals surface area contributed by atoms with Crippen LogP contribution in [0.2, 0.25) is 5.02 Å². The van der Waals surface area contributed by atoms with E-state index in [0.29, 0.717) is 9.90 Å². The van der Waals surface area contributed by atoms with E-state index in [9.17, 15) is 4.79 Å². The van der Waals surface area contributed by atoms with Crippen LogP contribution >= 0.6 is 22.9 Å². The Kier molecular flexibility index (Phi) is 4.42. The predicted octanol–water partition coefficient (Wildman–Crippen LogP) is 3.09. The number of carbonyl (C=O) groups excluding carboxylic acids is 1. The lowest BCUT2D eigenvalue weighted by atomic mass is 9.92. The number of carbonyl (C=O) groups is 1. The molecule has 94 valence electrons. The van der Waals surface area contributed by atoms with Gasteiger partial charge >= 0.3 is 0 Å². The lowest BCUT2D eigenvalue weighted by Gasteiger charge is -2.30. The molecule has 1 heterocycles. The van der Waals surface area contributed by atoms with Crippen LogP contribution in [-0.4, -0.2) is 25.2 Å². The molecule has 1 aliphatic rings. The van der Waals surface area contributed by atoms with E-state index in [4.69, 9.17) is 16.3 Å². The van der Waals surface area contributed by atoms with Crippen molar-refractivity contribution in [1.82, 2.24) is 5.32 Å². The molecule has 0 radical (unpaired) electrons. The highest BCUT2D eigenvalue weighted by molar-refractivity contribution is 7.12. The van der Waals surface area contributed by atoms with Gasteiger partial charge in [-0.25, -0.2) is 0 Å². The summed E-state index contributed by atoms with van der Waals surface area (Å²) in [6.07, 6.45) is 4.44. The average Bonchev–Trinajstić information content (AvgIpc) is 2.76. The average molecular weight is 274 g/mol. The number of rotatable bonds is 3. The summed E-state index contributed by atoms with van der Waals surface area (Å²) in [6.45, 7) is 0. The summed E-state index contributed by atoms with van der Waals surface area (Å²) in [5.41, 5.74) is 0. The highest BCUT2D eigenvalue weighted by Gasteiger charge is 2.27. The number of methoxy groups -OCH3 is 1. The molecule has 1 fully saturated rings. The first-order valence-electron chi connectivity index (χ1n) is 5.79. The minimum atomic E-state index is -0.0843. The maximum Gasteiger partial charge on any atom is 0.263 e. The molecule has 2 atom stereocenters. The molecule has 0 spiro atoms. The molecule has 2 rings (SSSR count). The molecule has 0 unspecified atom stereocenters. The Morgan fingerprint density at radius 2 is 2.29 bits per heavy atom. The van der Waals surface area contributed by atoms with Gasteiger partial charge in [-0.2, -0.15) is 0 Å². The maximum absolute atomic E-state index is 12.0. The SMILES string of the molecule is CO[C@@H]1CCCC[C@@H]1NC(=O)c1sccc1Cl. The quantitative estimate of drug-likeness (QED) is 0.919. The number of hydrogen-bond donors (Lipinski definition) is 1. The van der Waals surface area contributed by atoms with Gasteiger partial charge in [-0.1, -0.05) is 24.4 Å². The van der Waals surface area contributed by atoms with E-state index in [1.165, 1.54) is 17.8 Å². The van der Waals surface area contributed by atoms with Gasteiger partial charge in [0, 0.05) is 7.11 Å². The summed E-state index contributed by atoms with van der Waals surface area (Å²) >= 11 is 7.31. The number of hydrogen-bond acceptors (Lipinski definition) is 3. The van der Waals surface area contributed by atoms with Crippen LogP contribution in [-0.2, 0) is 4.74 Å². The molecule has 1 amide bonds. The minimum Gasteiger partial charge on any atom is -0.379 e. The fraction of sp³-hybridized carbons (Fsp3) is 0.583. The number of amides is 1. The van der Waals surface area contributed by atoms with Crippen LogP contribution < -0.4 is 5.32 Å². The van der Waals surface area contributed by atoms with Crippen LogP contribution in [0.5, 0.6) is 0 Å². The predicted molar refractivity (Wildman–Crippen MR) is 69.8 cm³/mol. The van der Waals surface area contributed by atoms with E-state index >= 15 is 0 Å². The first-order valence-corrected chi connectivity index (χ1v) is 7.05. The van der Waals surface area contributed by atoms with Gasteiger partial charge in [0.05, 0.1) is 17.2 Å². The van der Waals surface area contributed by atoms with E-state index in [0.717, 1.165) is 19.3 Å². The van der Waals surface area contributed by atoms with Crippen LogP contribution in [0.25, 0.3) is 0 Å². The van der Waals surface area contributed by atoms with Crippen molar-refractivity contribution in [2.75, 3.05) is 7.11 Å². The Balaban J connectivity index is 2.00.